The third-order valence-corrected chi connectivity index (χ3v) is 1.53. The zero-order valence-corrected chi connectivity index (χ0v) is 6.86. The summed E-state index contributed by atoms with van der Waals surface area (Å²) in [5, 5.41) is 15.7. The van der Waals surface area contributed by atoms with Gasteiger partial charge in [0.15, 0.2) is 0 Å². The molecule has 3 N–H and O–H groups in total. The third-order valence-electron chi connectivity index (χ3n) is 1.53. The predicted molar refractivity (Wildman–Crippen MR) is 43.4 cm³/mol. The third kappa shape index (κ3) is 2.87. The fourth-order valence-electron chi connectivity index (χ4n) is 0.932. The molecule has 12 heavy (non-hydrogen) atoms. The summed E-state index contributed by atoms with van der Waals surface area (Å²) < 4.78 is 4.96. The summed E-state index contributed by atoms with van der Waals surface area (Å²) in [5.41, 5.74) is 5.23. The van der Waals surface area contributed by atoms with Crippen molar-refractivity contribution < 1.29 is 9.52 Å². The molecule has 0 aliphatic heterocycles. The lowest BCUT2D eigenvalue weighted by Gasteiger charge is -1.93. The van der Waals surface area contributed by atoms with E-state index in [4.69, 9.17) is 15.3 Å². The van der Waals surface area contributed by atoms with Gasteiger partial charge in [-0.3, -0.25) is 0 Å². The van der Waals surface area contributed by atoms with Crippen molar-refractivity contribution in [3.05, 3.63) is 5.89 Å². The number of nitrogens with zero attached hydrogens (tertiary/aromatic N) is 2. The van der Waals surface area contributed by atoms with Gasteiger partial charge in [-0.05, 0) is 12.8 Å². The molecule has 0 aliphatic rings. The fraction of sp³-hybridized carbons (Fsp3) is 0.714. The molecular formula is C7H13N3O2. The molecule has 0 atom stereocenters. The van der Waals surface area contributed by atoms with E-state index in [9.17, 15) is 0 Å². The van der Waals surface area contributed by atoms with Crippen molar-refractivity contribution in [3.63, 3.8) is 0 Å². The summed E-state index contributed by atoms with van der Waals surface area (Å²) >= 11 is 0. The first-order chi connectivity index (χ1) is 5.83. The molecule has 68 valence electrons. The van der Waals surface area contributed by atoms with Crippen molar-refractivity contribution >= 4 is 6.01 Å². The van der Waals surface area contributed by atoms with Gasteiger partial charge in [0, 0.05) is 13.0 Å². The predicted octanol–water partition coefficient (Wildman–Crippen LogP) is 0.357. The zero-order valence-electron chi connectivity index (χ0n) is 6.86. The van der Waals surface area contributed by atoms with Gasteiger partial charge in [0.25, 0.3) is 0 Å². The number of anilines is 1. The van der Waals surface area contributed by atoms with Crippen molar-refractivity contribution in [3.8, 4) is 0 Å². The lowest BCUT2D eigenvalue weighted by molar-refractivity contribution is 0.282. The van der Waals surface area contributed by atoms with E-state index in [-0.39, 0.29) is 12.6 Å². The maximum absolute atomic E-state index is 8.50. The van der Waals surface area contributed by atoms with Gasteiger partial charge in [-0.2, -0.15) is 0 Å². The van der Waals surface area contributed by atoms with Crippen LogP contribution in [0.1, 0.15) is 25.2 Å². The lowest BCUT2D eigenvalue weighted by atomic mass is 10.2. The van der Waals surface area contributed by atoms with Gasteiger partial charge in [-0.25, -0.2) is 0 Å². The molecule has 0 spiro atoms. The molecule has 0 amide bonds. The number of nitrogens with two attached hydrogens (primary N) is 1. The van der Waals surface area contributed by atoms with E-state index in [1.807, 2.05) is 0 Å². The average molecular weight is 171 g/mol. The van der Waals surface area contributed by atoms with Crippen LogP contribution < -0.4 is 5.73 Å². The van der Waals surface area contributed by atoms with Crippen LogP contribution in [0.15, 0.2) is 4.42 Å². The lowest BCUT2D eigenvalue weighted by Crippen LogP contribution is -1.88. The second-order valence-electron chi connectivity index (χ2n) is 2.57. The van der Waals surface area contributed by atoms with Gasteiger partial charge in [-0.1, -0.05) is 11.5 Å². The van der Waals surface area contributed by atoms with Gasteiger partial charge in [0.05, 0.1) is 0 Å². The Morgan fingerprint density at radius 2 is 2.08 bits per heavy atom. The topological polar surface area (TPSA) is 85.2 Å². The van der Waals surface area contributed by atoms with Crippen LogP contribution in [0.4, 0.5) is 6.01 Å². The van der Waals surface area contributed by atoms with Crippen LogP contribution in [0, 0.1) is 0 Å². The quantitative estimate of drug-likeness (QED) is 0.624. The molecule has 1 rings (SSSR count). The summed E-state index contributed by atoms with van der Waals surface area (Å²) in [6.07, 6.45) is 3.48. The van der Waals surface area contributed by atoms with E-state index in [1.54, 1.807) is 0 Å². The SMILES string of the molecule is Nc1nnc(CCCCCO)o1. The van der Waals surface area contributed by atoms with Crippen molar-refractivity contribution in [1.82, 2.24) is 10.2 Å². The molecule has 0 aliphatic carbocycles. The highest BCUT2D eigenvalue weighted by Gasteiger charge is 2.00. The second kappa shape index (κ2) is 4.71. The molecule has 0 aromatic carbocycles. The highest BCUT2D eigenvalue weighted by molar-refractivity contribution is 5.04. The van der Waals surface area contributed by atoms with Crippen LogP contribution in [0.25, 0.3) is 0 Å². The first-order valence-electron chi connectivity index (χ1n) is 4.01. The summed E-state index contributed by atoms with van der Waals surface area (Å²) in [7, 11) is 0. The van der Waals surface area contributed by atoms with Gasteiger partial charge < -0.3 is 15.3 Å². The minimum Gasteiger partial charge on any atom is -0.408 e. The molecule has 0 bridgehead atoms. The first-order valence-corrected chi connectivity index (χ1v) is 4.01. The summed E-state index contributed by atoms with van der Waals surface area (Å²) in [5.74, 6) is 0.574. The van der Waals surface area contributed by atoms with Crippen LogP contribution in [-0.4, -0.2) is 21.9 Å². The minimum absolute atomic E-state index is 0.118. The Kier molecular flexibility index (Phi) is 3.53. The monoisotopic (exact) mass is 171 g/mol. The Hall–Kier alpha value is -1.10. The fourth-order valence-corrected chi connectivity index (χ4v) is 0.932. The highest BCUT2D eigenvalue weighted by Crippen LogP contribution is 2.05. The number of nitrogen functional groups attached to an aromatic ring is 1. The molecule has 1 heterocycles. The minimum atomic E-state index is 0.118. The molecule has 0 saturated heterocycles. The highest BCUT2D eigenvalue weighted by atomic mass is 16.4. The van der Waals surface area contributed by atoms with E-state index in [0.717, 1.165) is 25.7 Å². The summed E-state index contributed by atoms with van der Waals surface area (Å²) in [4.78, 5) is 0. The first kappa shape index (κ1) is 8.99. The van der Waals surface area contributed by atoms with Gasteiger partial charge in [0.1, 0.15) is 0 Å². The smallest absolute Gasteiger partial charge is 0.312 e. The number of aryl methyl sites for hydroxylation is 1. The van der Waals surface area contributed by atoms with Crippen LogP contribution in [0.2, 0.25) is 0 Å². The van der Waals surface area contributed by atoms with E-state index >= 15 is 0 Å². The molecule has 0 fully saturated rings. The van der Waals surface area contributed by atoms with Crippen LogP contribution in [0.3, 0.4) is 0 Å². The number of unbranched alkanes of at least 4 members (excludes halogenated alkanes) is 2. The molecule has 0 radical (unpaired) electrons. The van der Waals surface area contributed by atoms with Gasteiger partial charge in [0.2, 0.25) is 5.89 Å². The molecule has 0 unspecified atom stereocenters. The zero-order chi connectivity index (χ0) is 8.81. The summed E-state index contributed by atoms with van der Waals surface area (Å²) in [6.45, 7) is 0.242. The van der Waals surface area contributed by atoms with E-state index in [1.165, 1.54) is 0 Å². The Balaban J connectivity index is 2.15. The van der Waals surface area contributed by atoms with E-state index < -0.39 is 0 Å². The standard InChI is InChI=1S/C7H13N3O2/c8-7-10-9-6(12-7)4-2-1-3-5-11/h11H,1-5H2,(H2,8,10). The number of aromatic nitrogens is 2. The van der Waals surface area contributed by atoms with Gasteiger partial charge >= 0.3 is 6.01 Å². The number of aliphatic hydroxyl groups is 1. The second-order valence-corrected chi connectivity index (χ2v) is 2.57. The molecular weight excluding hydrogens is 158 g/mol. The van der Waals surface area contributed by atoms with E-state index in [2.05, 4.69) is 10.2 Å². The van der Waals surface area contributed by atoms with Crippen LogP contribution in [0.5, 0.6) is 0 Å². The largest absolute Gasteiger partial charge is 0.408 e. The van der Waals surface area contributed by atoms with E-state index in [0.29, 0.717) is 5.89 Å². The molecule has 1 aromatic heterocycles. The number of hydrogen-bond acceptors (Lipinski definition) is 5. The van der Waals surface area contributed by atoms with Gasteiger partial charge in [-0.15, -0.1) is 5.10 Å². The van der Waals surface area contributed by atoms with Crippen LogP contribution in [-0.2, 0) is 6.42 Å². The number of aliphatic hydroxyl groups excluding tert-OH is 1. The number of hydrogen-bond donors (Lipinski definition) is 2. The van der Waals surface area contributed by atoms with Crippen molar-refractivity contribution in [2.24, 2.45) is 0 Å². The Labute approximate surface area is 70.6 Å². The van der Waals surface area contributed by atoms with Crippen molar-refractivity contribution in [1.29, 1.82) is 0 Å². The molecule has 5 nitrogen and oxygen atoms in total. The Morgan fingerprint density at radius 1 is 1.25 bits per heavy atom. The van der Waals surface area contributed by atoms with Crippen LogP contribution >= 0.6 is 0 Å². The Bertz CT molecular complexity index is 224. The molecule has 5 heteroatoms. The normalized spacial score (nSPS) is 10.4. The number of rotatable bonds is 5. The molecule has 1 aromatic rings. The van der Waals surface area contributed by atoms with Crippen molar-refractivity contribution in [2.45, 2.75) is 25.7 Å². The summed E-state index contributed by atoms with van der Waals surface area (Å²) in [6, 6.07) is 0.118. The average Bonchev–Trinajstić information content (AvgIpc) is 2.45. The maximum atomic E-state index is 8.50. The van der Waals surface area contributed by atoms with Crippen molar-refractivity contribution in [2.75, 3.05) is 12.3 Å². The Morgan fingerprint density at radius 3 is 2.67 bits per heavy atom. The maximum Gasteiger partial charge on any atom is 0.312 e. The molecule has 0 saturated carbocycles.